The summed E-state index contributed by atoms with van der Waals surface area (Å²) in [5, 5.41) is 0. The molecule has 77 valence electrons. The number of benzene rings is 1. The third kappa shape index (κ3) is 1.92. The molecule has 0 unspecified atom stereocenters. The molecule has 1 radical (unpaired) electrons. The topological polar surface area (TPSA) is 27.7 Å². The Morgan fingerprint density at radius 2 is 1.43 bits per heavy atom. The Balaban J connectivity index is 3.24. The molecule has 0 fully saturated rings. The molecule has 1 rings (SSSR count). The Kier molecular flexibility index (Phi) is 3.63. The van der Waals surface area contributed by atoms with E-state index in [-0.39, 0.29) is 0 Å². The van der Waals surface area contributed by atoms with Crippen molar-refractivity contribution in [2.45, 2.75) is 6.92 Å². The van der Waals surface area contributed by atoms with E-state index in [1.165, 1.54) is 0 Å². The van der Waals surface area contributed by atoms with Crippen LogP contribution in [0.1, 0.15) is 12.5 Å². The summed E-state index contributed by atoms with van der Waals surface area (Å²) in [5.41, 5.74) is 1.04. The van der Waals surface area contributed by atoms with Crippen LogP contribution in [-0.4, -0.2) is 21.3 Å². The van der Waals surface area contributed by atoms with Crippen LogP contribution in [0.3, 0.4) is 0 Å². The number of methoxy groups -OCH3 is 3. The van der Waals surface area contributed by atoms with Crippen LogP contribution in [0.25, 0.3) is 0 Å². The van der Waals surface area contributed by atoms with Gasteiger partial charge in [0.15, 0.2) is 11.5 Å². The fraction of sp³-hybridized carbons (Fsp3) is 0.364. The molecule has 0 aliphatic carbocycles. The molecule has 0 heterocycles. The number of hydrogen-bond donors (Lipinski definition) is 0. The minimum absolute atomic E-state index is 0.626. The molecule has 3 heteroatoms. The number of ether oxygens (including phenoxy) is 3. The van der Waals surface area contributed by atoms with Crippen LogP contribution < -0.4 is 14.2 Å². The second-order valence-corrected chi connectivity index (χ2v) is 2.75. The highest BCUT2D eigenvalue weighted by Gasteiger charge is 2.11. The fourth-order valence-corrected chi connectivity index (χ4v) is 1.27. The molecule has 0 amide bonds. The average molecular weight is 195 g/mol. The van der Waals surface area contributed by atoms with Gasteiger partial charge in [0.1, 0.15) is 0 Å². The number of hydrogen-bond acceptors (Lipinski definition) is 3. The maximum absolute atomic E-state index is 5.20. The van der Waals surface area contributed by atoms with Gasteiger partial charge in [-0.25, -0.2) is 0 Å². The first-order valence-electron chi connectivity index (χ1n) is 4.36. The van der Waals surface area contributed by atoms with Gasteiger partial charge in [0, 0.05) is 0 Å². The summed E-state index contributed by atoms with van der Waals surface area (Å²) in [4.78, 5) is 0. The maximum Gasteiger partial charge on any atom is 0.203 e. The van der Waals surface area contributed by atoms with Crippen molar-refractivity contribution in [1.29, 1.82) is 0 Å². The molecule has 0 saturated heterocycles. The molecular weight excluding hydrogens is 180 g/mol. The first-order valence-corrected chi connectivity index (χ1v) is 4.36. The standard InChI is InChI=1S/C11H15O3/c1-5-8-6-9(12-2)11(14-4)10(7-8)13-3/h5-7H,1-4H3. The van der Waals surface area contributed by atoms with Crippen LogP contribution in [0.5, 0.6) is 17.2 Å². The Morgan fingerprint density at radius 3 is 1.71 bits per heavy atom. The largest absolute Gasteiger partial charge is 0.493 e. The minimum Gasteiger partial charge on any atom is -0.493 e. The summed E-state index contributed by atoms with van der Waals surface area (Å²) < 4.78 is 15.6. The van der Waals surface area contributed by atoms with Crippen molar-refractivity contribution in [1.82, 2.24) is 0 Å². The van der Waals surface area contributed by atoms with Gasteiger partial charge < -0.3 is 14.2 Å². The molecule has 3 nitrogen and oxygen atoms in total. The minimum atomic E-state index is 0.626. The molecule has 0 atom stereocenters. The summed E-state index contributed by atoms with van der Waals surface area (Å²) in [6.07, 6.45) is 1.98. The van der Waals surface area contributed by atoms with Crippen LogP contribution in [0.4, 0.5) is 0 Å². The highest BCUT2D eigenvalue weighted by molar-refractivity contribution is 5.54. The molecule has 1 aromatic rings. The van der Waals surface area contributed by atoms with Crippen LogP contribution >= 0.6 is 0 Å². The zero-order chi connectivity index (χ0) is 10.6. The van der Waals surface area contributed by atoms with E-state index in [9.17, 15) is 0 Å². The SMILES string of the molecule is C[CH]c1cc(OC)c(OC)c(OC)c1. The monoisotopic (exact) mass is 195 g/mol. The lowest BCUT2D eigenvalue weighted by Crippen LogP contribution is -1.96. The lowest BCUT2D eigenvalue weighted by atomic mass is 10.1. The Hall–Kier alpha value is -1.38. The van der Waals surface area contributed by atoms with Gasteiger partial charge >= 0.3 is 0 Å². The van der Waals surface area contributed by atoms with Gasteiger partial charge in [-0.2, -0.15) is 0 Å². The first-order chi connectivity index (χ1) is 6.76. The summed E-state index contributed by atoms with van der Waals surface area (Å²) in [6, 6.07) is 3.81. The Bertz CT molecular complexity index is 282. The zero-order valence-electron chi connectivity index (χ0n) is 8.96. The normalized spacial score (nSPS) is 9.71. The molecule has 0 aliphatic heterocycles. The summed E-state index contributed by atoms with van der Waals surface area (Å²) in [6.45, 7) is 1.96. The van der Waals surface area contributed by atoms with Gasteiger partial charge in [-0.05, 0) is 24.1 Å². The molecule has 0 aliphatic rings. The summed E-state index contributed by atoms with van der Waals surface area (Å²) in [5.74, 6) is 1.99. The predicted octanol–water partition coefficient (Wildman–Crippen LogP) is 2.28. The van der Waals surface area contributed by atoms with Gasteiger partial charge in [-0.1, -0.05) is 6.92 Å². The van der Waals surface area contributed by atoms with E-state index in [2.05, 4.69) is 0 Å². The van der Waals surface area contributed by atoms with E-state index in [4.69, 9.17) is 14.2 Å². The highest BCUT2D eigenvalue weighted by atomic mass is 16.5. The van der Waals surface area contributed by atoms with Gasteiger partial charge in [0.05, 0.1) is 21.3 Å². The Labute approximate surface area is 84.6 Å². The number of rotatable bonds is 4. The van der Waals surface area contributed by atoms with Gasteiger partial charge in [0.2, 0.25) is 5.75 Å². The molecule has 14 heavy (non-hydrogen) atoms. The smallest absolute Gasteiger partial charge is 0.203 e. The second kappa shape index (κ2) is 4.74. The van der Waals surface area contributed by atoms with Crippen molar-refractivity contribution in [2.75, 3.05) is 21.3 Å². The van der Waals surface area contributed by atoms with E-state index < -0.39 is 0 Å². The van der Waals surface area contributed by atoms with Crippen molar-refractivity contribution >= 4 is 0 Å². The molecule has 0 saturated carbocycles. The third-order valence-electron chi connectivity index (χ3n) is 2.02. The third-order valence-corrected chi connectivity index (χ3v) is 2.02. The van der Waals surface area contributed by atoms with Gasteiger partial charge in [0.25, 0.3) is 0 Å². The molecule has 1 aromatic carbocycles. The van der Waals surface area contributed by atoms with E-state index in [0.29, 0.717) is 17.2 Å². The van der Waals surface area contributed by atoms with Gasteiger partial charge in [-0.15, -0.1) is 0 Å². The molecule has 0 N–H and O–H groups in total. The first kappa shape index (κ1) is 10.7. The van der Waals surface area contributed by atoms with Crippen LogP contribution in [0.15, 0.2) is 12.1 Å². The lowest BCUT2D eigenvalue weighted by molar-refractivity contribution is 0.324. The quantitative estimate of drug-likeness (QED) is 0.737. The second-order valence-electron chi connectivity index (χ2n) is 2.75. The van der Waals surface area contributed by atoms with E-state index in [1.54, 1.807) is 21.3 Å². The fourth-order valence-electron chi connectivity index (χ4n) is 1.27. The summed E-state index contributed by atoms with van der Waals surface area (Å²) >= 11 is 0. The van der Waals surface area contributed by atoms with Crippen LogP contribution in [-0.2, 0) is 0 Å². The molecule has 0 bridgehead atoms. The van der Waals surface area contributed by atoms with E-state index >= 15 is 0 Å². The average Bonchev–Trinajstić information content (AvgIpc) is 2.26. The summed E-state index contributed by atoms with van der Waals surface area (Å²) in [7, 11) is 4.81. The lowest BCUT2D eigenvalue weighted by Gasteiger charge is -2.13. The van der Waals surface area contributed by atoms with E-state index in [0.717, 1.165) is 5.56 Å². The molecular formula is C11H15O3. The Morgan fingerprint density at radius 1 is 0.929 bits per heavy atom. The van der Waals surface area contributed by atoms with Crippen molar-refractivity contribution in [3.63, 3.8) is 0 Å². The van der Waals surface area contributed by atoms with Gasteiger partial charge in [-0.3, -0.25) is 0 Å². The van der Waals surface area contributed by atoms with E-state index in [1.807, 2.05) is 25.5 Å². The van der Waals surface area contributed by atoms with Crippen molar-refractivity contribution in [3.05, 3.63) is 24.1 Å². The maximum atomic E-state index is 5.20. The zero-order valence-corrected chi connectivity index (χ0v) is 8.96. The van der Waals surface area contributed by atoms with Crippen LogP contribution in [0.2, 0.25) is 0 Å². The molecule has 0 aromatic heterocycles. The van der Waals surface area contributed by atoms with Crippen molar-refractivity contribution in [3.8, 4) is 17.2 Å². The van der Waals surface area contributed by atoms with Crippen LogP contribution in [0, 0.1) is 6.42 Å². The van der Waals surface area contributed by atoms with Crippen molar-refractivity contribution in [2.24, 2.45) is 0 Å². The predicted molar refractivity (Wildman–Crippen MR) is 55.2 cm³/mol. The van der Waals surface area contributed by atoms with Crippen molar-refractivity contribution < 1.29 is 14.2 Å². The molecule has 0 spiro atoms. The highest BCUT2D eigenvalue weighted by Crippen LogP contribution is 2.38.